The Balaban J connectivity index is 2.61. The molecule has 0 saturated carbocycles. The highest BCUT2D eigenvalue weighted by Crippen LogP contribution is 2.24. The zero-order valence-corrected chi connectivity index (χ0v) is 12.4. The molecule has 2 atom stereocenters. The zero-order chi connectivity index (χ0) is 14.8. The zero-order valence-electron chi connectivity index (χ0n) is 12.4. The van der Waals surface area contributed by atoms with Crippen LogP contribution in [0.4, 0.5) is 4.79 Å². The molecule has 0 aromatic rings. The molecule has 1 saturated heterocycles. The Morgan fingerprint density at radius 1 is 1.42 bits per heavy atom. The third kappa shape index (κ3) is 3.59. The summed E-state index contributed by atoms with van der Waals surface area (Å²) in [6.07, 6.45) is 0.738. The van der Waals surface area contributed by atoms with E-state index in [0.29, 0.717) is 13.1 Å². The number of likely N-dealkylation sites (tertiary alicyclic amines) is 1. The van der Waals surface area contributed by atoms with Crippen LogP contribution in [0.2, 0.25) is 0 Å². The van der Waals surface area contributed by atoms with Crippen molar-refractivity contribution in [3.63, 3.8) is 0 Å². The lowest BCUT2D eigenvalue weighted by atomic mass is 10.0. The van der Waals surface area contributed by atoms with E-state index in [9.17, 15) is 14.7 Å². The van der Waals surface area contributed by atoms with E-state index in [-0.39, 0.29) is 17.5 Å². The van der Waals surface area contributed by atoms with Gasteiger partial charge >= 0.3 is 12.0 Å². The second-order valence-electron chi connectivity index (χ2n) is 6.11. The van der Waals surface area contributed by atoms with Crippen LogP contribution >= 0.6 is 0 Å². The summed E-state index contributed by atoms with van der Waals surface area (Å²) < 4.78 is 0. The molecule has 0 aromatic carbocycles. The number of urea groups is 1. The van der Waals surface area contributed by atoms with Crippen molar-refractivity contribution < 1.29 is 14.7 Å². The van der Waals surface area contributed by atoms with Gasteiger partial charge in [0.05, 0.1) is 0 Å². The first-order valence-corrected chi connectivity index (χ1v) is 6.61. The van der Waals surface area contributed by atoms with Crippen LogP contribution in [-0.2, 0) is 4.79 Å². The number of carbonyl (C=O) groups is 2. The number of carboxylic acids is 1. The van der Waals surface area contributed by atoms with E-state index >= 15 is 0 Å². The lowest BCUT2D eigenvalue weighted by Crippen LogP contribution is -2.53. The van der Waals surface area contributed by atoms with Crippen LogP contribution < -0.4 is 5.32 Å². The van der Waals surface area contributed by atoms with Gasteiger partial charge in [0.25, 0.3) is 0 Å². The van der Waals surface area contributed by atoms with Gasteiger partial charge in [-0.15, -0.1) is 0 Å². The van der Waals surface area contributed by atoms with E-state index < -0.39 is 12.0 Å². The first-order valence-electron chi connectivity index (χ1n) is 6.61. The normalized spacial score (nSPS) is 23.8. The molecule has 6 heteroatoms. The number of hydrogen-bond donors (Lipinski definition) is 2. The number of hydrogen-bond acceptors (Lipinski definition) is 3. The highest BCUT2D eigenvalue weighted by atomic mass is 16.4. The van der Waals surface area contributed by atoms with Crippen LogP contribution in [0, 0.1) is 5.92 Å². The lowest BCUT2D eigenvalue weighted by molar-refractivity contribution is -0.142. The van der Waals surface area contributed by atoms with Gasteiger partial charge in [-0.25, -0.2) is 9.59 Å². The summed E-state index contributed by atoms with van der Waals surface area (Å²) in [5.41, 5.74) is -0.167. The van der Waals surface area contributed by atoms with Crippen molar-refractivity contribution in [2.24, 2.45) is 5.92 Å². The Bertz CT molecular complexity index is 355. The number of rotatable bonds is 4. The van der Waals surface area contributed by atoms with Gasteiger partial charge in [-0.2, -0.15) is 0 Å². The van der Waals surface area contributed by atoms with E-state index in [0.717, 1.165) is 6.42 Å². The maximum Gasteiger partial charge on any atom is 0.326 e. The van der Waals surface area contributed by atoms with Crippen LogP contribution in [0.3, 0.4) is 0 Å². The second-order valence-corrected chi connectivity index (χ2v) is 6.11. The first-order chi connectivity index (χ1) is 8.66. The summed E-state index contributed by atoms with van der Waals surface area (Å²) in [7, 11) is 3.90. The fourth-order valence-electron chi connectivity index (χ4n) is 2.10. The summed E-state index contributed by atoms with van der Waals surface area (Å²) in [6.45, 7) is 6.90. The first kappa shape index (κ1) is 15.8. The van der Waals surface area contributed by atoms with E-state index in [1.807, 2.05) is 39.8 Å². The molecular weight excluding hydrogens is 246 g/mol. The maximum absolute atomic E-state index is 12.1. The molecule has 2 unspecified atom stereocenters. The van der Waals surface area contributed by atoms with E-state index in [2.05, 4.69) is 5.32 Å². The molecule has 2 N–H and O–H groups in total. The van der Waals surface area contributed by atoms with Gasteiger partial charge in [-0.1, -0.05) is 6.92 Å². The summed E-state index contributed by atoms with van der Waals surface area (Å²) in [5.74, 6) is -0.919. The van der Waals surface area contributed by atoms with Crippen LogP contribution in [0.1, 0.15) is 27.2 Å². The average Bonchev–Trinajstić information content (AvgIpc) is 2.68. The maximum atomic E-state index is 12.1. The summed E-state index contributed by atoms with van der Waals surface area (Å²) >= 11 is 0. The SMILES string of the molecule is CC1CCN(C(=O)NCC(C)(C)N(C)C)C1C(=O)O. The molecule has 1 heterocycles. The van der Waals surface area contributed by atoms with Crippen molar-refractivity contribution in [1.82, 2.24) is 15.1 Å². The molecular formula is C13H25N3O3. The summed E-state index contributed by atoms with van der Waals surface area (Å²) in [6, 6.07) is -0.992. The fraction of sp³-hybridized carbons (Fsp3) is 0.846. The summed E-state index contributed by atoms with van der Waals surface area (Å²) in [4.78, 5) is 26.8. The van der Waals surface area contributed by atoms with Crippen molar-refractivity contribution in [3.05, 3.63) is 0 Å². The quantitative estimate of drug-likeness (QED) is 0.794. The highest BCUT2D eigenvalue weighted by Gasteiger charge is 2.39. The molecule has 0 aromatic heterocycles. The topological polar surface area (TPSA) is 72.9 Å². The molecule has 0 bridgehead atoms. The number of carbonyl (C=O) groups excluding carboxylic acids is 1. The molecule has 1 fully saturated rings. The van der Waals surface area contributed by atoms with Crippen LogP contribution in [0.25, 0.3) is 0 Å². The molecule has 110 valence electrons. The van der Waals surface area contributed by atoms with Gasteiger partial charge in [-0.3, -0.25) is 0 Å². The number of likely N-dealkylation sites (N-methyl/N-ethyl adjacent to an activating group) is 1. The van der Waals surface area contributed by atoms with Crippen LogP contribution in [0.15, 0.2) is 0 Å². The van der Waals surface area contributed by atoms with Gasteiger partial charge in [-0.05, 0) is 40.3 Å². The molecule has 0 spiro atoms. The van der Waals surface area contributed by atoms with Crippen molar-refractivity contribution >= 4 is 12.0 Å². The predicted octanol–water partition coefficient (Wildman–Crippen LogP) is 0.831. The number of amides is 2. The van der Waals surface area contributed by atoms with Crippen LogP contribution in [0.5, 0.6) is 0 Å². The standard InChI is InChI=1S/C13H25N3O3/c1-9-6-7-16(10(9)11(17)18)12(19)14-8-13(2,3)15(4)5/h9-10H,6-8H2,1-5H3,(H,14,19)(H,17,18). The molecule has 19 heavy (non-hydrogen) atoms. The Morgan fingerprint density at radius 3 is 2.47 bits per heavy atom. The molecule has 6 nitrogen and oxygen atoms in total. The molecule has 1 rings (SSSR count). The van der Waals surface area contributed by atoms with Gasteiger partial charge in [0.2, 0.25) is 0 Å². The van der Waals surface area contributed by atoms with Crippen molar-refractivity contribution in [2.75, 3.05) is 27.2 Å². The molecule has 2 amide bonds. The van der Waals surface area contributed by atoms with Gasteiger partial charge in [0, 0.05) is 18.6 Å². The molecule has 0 radical (unpaired) electrons. The van der Waals surface area contributed by atoms with E-state index in [4.69, 9.17) is 0 Å². The smallest absolute Gasteiger partial charge is 0.326 e. The number of nitrogens with zero attached hydrogens (tertiary/aromatic N) is 2. The molecule has 1 aliphatic heterocycles. The fourth-order valence-corrected chi connectivity index (χ4v) is 2.10. The molecule has 0 aliphatic carbocycles. The third-order valence-electron chi connectivity index (χ3n) is 4.10. The second kappa shape index (κ2) is 5.77. The Hall–Kier alpha value is -1.30. The van der Waals surface area contributed by atoms with Crippen LogP contribution in [-0.4, -0.2) is 65.7 Å². The van der Waals surface area contributed by atoms with Crippen molar-refractivity contribution in [2.45, 2.75) is 38.8 Å². The Labute approximate surface area is 114 Å². The van der Waals surface area contributed by atoms with Crippen molar-refractivity contribution in [1.29, 1.82) is 0 Å². The number of carboxylic acid groups (broad SMARTS) is 1. The van der Waals surface area contributed by atoms with Gasteiger partial charge in [0.1, 0.15) is 6.04 Å². The van der Waals surface area contributed by atoms with E-state index in [1.54, 1.807) is 0 Å². The largest absolute Gasteiger partial charge is 0.480 e. The number of aliphatic carboxylic acids is 1. The predicted molar refractivity (Wildman–Crippen MR) is 73.1 cm³/mol. The Kier molecular flexibility index (Phi) is 4.79. The monoisotopic (exact) mass is 271 g/mol. The minimum atomic E-state index is -0.924. The highest BCUT2D eigenvalue weighted by molar-refractivity contribution is 5.83. The lowest BCUT2D eigenvalue weighted by Gasteiger charge is -2.33. The van der Waals surface area contributed by atoms with Gasteiger partial charge in [0.15, 0.2) is 0 Å². The minimum absolute atomic E-state index is 0.00473. The summed E-state index contributed by atoms with van der Waals surface area (Å²) in [5, 5.41) is 12.0. The van der Waals surface area contributed by atoms with Gasteiger partial charge < -0.3 is 20.2 Å². The molecule has 1 aliphatic rings. The van der Waals surface area contributed by atoms with E-state index in [1.165, 1.54) is 4.90 Å². The average molecular weight is 271 g/mol. The minimum Gasteiger partial charge on any atom is -0.480 e. The Morgan fingerprint density at radius 2 is 2.00 bits per heavy atom. The van der Waals surface area contributed by atoms with Crippen molar-refractivity contribution in [3.8, 4) is 0 Å². The third-order valence-corrected chi connectivity index (χ3v) is 4.10. The number of nitrogens with one attached hydrogen (secondary N) is 1.